The first-order valence-corrected chi connectivity index (χ1v) is 6.07. The number of benzene rings is 1. The molecule has 0 saturated heterocycles. The van der Waals surface area contributed by atoms with Gasteiger partial charge in [0.15, 0.2) is 0 Å². The topological polar surface area (TPSA) is 75.3 Å². The van der Waals surface area contributed by atoms with E-state index in [0.717, 1.165) is 0 Å². The van der Waals surface area contributed by atoms with E-state index in [4.69, 9.17) is 18.0 Å². The molecule has 1 amide bonds. The number of nitrogens with two attached hydrogens (primary N) is 1. The Hall–Kier alpha value is -1.62. The molecule has 0 fully saturated rings. The number of phenols is 1. The number of nitrogens with one attached hydrogen (secondary N) is 1. The Bertz CT molecular complexity index is 458. The Labute approximate surface area is 112 Å². The van der Waals surface area contributed by atoms with E-state index in [-0.39, 0.29) is 18.1 Å². The van der Waals surface area contributed by atoms with Gasteiger partial charge in [0, 0.05) is 17.5 Å². The first-order chi connectivity index (χ1) is 8.33. The third-order valence-corrected chi connectivity index (χ3v) is 3.29. The first-order valence-electron chi connectivity index (χ1n) is 5.66. The number of aromatic hydroxyl groups is 1. The standard InChI is InChI=1S/C13H18N2O2S/c1-13(2,12(14)18)8-15-11(17)7-9-5-3-4-6-10(9)16/h3-6,16H,7-8H2,1-2H3,(H2,14,18)(H,15,17). The van der Waals surface area contributed by atoms with Gasteiger partial charge < -0.3 is 16.2 Å². The van der Waals surface area contributed by atoms with Crippen LogP contribution in [0.2, 0.25) is 0 Å². The number of amides is 1. The van der Waals surface area contributed by atoms with Gasteiger partial charge in [-0.2, -0.15) is 0 Å². The van der Waals surface area contributed by atoms with Gasteiger partial charge in [-0.1, -0.05) is 44.3 Å². The van der Waals surface area contributed by atoms with Crippen LogP contribution in [-0.2, 0) is 11.2 Å². The molecule has 1 aromatic rings. The minimum atomic E-state index is -0.413. The van der Waals surface area contributed by atoms with E-state index in [9.17, 15) is 9.90 Å². The molecule has 0 spiro atoms. The van der Waals surface area contributed by atoms with Crippen molar-refractivity contribution in [3.8, 4) is 5.75 Å². The number of hydrogen-bond acceptors (Lipinski definition) is 3. The molecule has 4 N–H and O–H groups in total. The van der Waals surface area contributed by atoms with Crippen molar-refractivity contribution < 1.29 is 9.90 Å². The molecule has 4 nitrogen and oxygen atoms in total. The van der Waals surface area contributed by atoms with E-state index in [2.05, 4.69) is 5.32 Å². The van der Waals surface area contributed by atoms with Crippen molar-refractivity contribution >= 4 is 23.1 Å². The highest BCUT2D eigenvalue weighted by molar-refractivity contribution is 7.80. The molecule has 0 bridgehead atoms. The van der Waals surface area contributed by atoms with Crippen molar-refractivity contribution in [1.29, 1.82) is 0 Å². The zero-order valence-electron chi connectivity index (χ0n) is 10.6. The predicted molar refractivity (Wildman–Crippen MR) is 75.4 cm³/mol. The van der Waals surface area contributed by atoms with E-state index >= 15 is 0 Å². The van der Waals surface area contributed by atoms with Crippen LogP contribution in [0, 0.1) is 5.41 Å². The van der Waals surface area contributed by atoms with E-state index < -0.39 is 5.41 Å². The lowest BCUT2D eigenvalue weighted by molar-refractivity contribution is -0.120. The van der Waals surface area contributed by atoms with Crippen LogP contribution in [0.15, 0.2) is 24.3 Å². The molecule has 0 atom stereocenters. The fourth-order valence-electron chi connectivity index (χ4n) is 1.30. The second kappa shape index (κ2) is 5.82. The zero-order chi connectivity index (χ0) is 13.8. The lowest BCUT2D eigenvalue weighted by Gasteiger charge is -2.23. The minimum Gasteiger partial charge on any atom is -0.508 e. The normalized spacial score (nSPS) is 11.0. The van der Waals surface area contributed by atoms with Crippen LogP contribution < -0.4 is 11.1 Å². The van der Waals surface area contributed by atoms with Gasteiger partial charge in [0.05, 0.1) is 11.4 Å². The van der Waals surface area contributed by atoms with Crippen molar-refractivity contribution in [1.82, 2.24) is 5.32 Å². The average molecular weight is 266 g/mol. The van der Waals surface area contributed by atoms with E-state index in [1.54, 1.807) is 24.3 Å². The lowest BCUT2D eigenvalue weighted by atomic mass is 9.93. The lowest BCUT2D eigenvalue weighted by Crippen LogP contribution is -2.41. The molecule has 0 unspecified atom stereocenters. The van der Waals surface area contributed by atoms with Gasteiger partial charge in [0.2, 0.25) is 5.91 Å². The Kier molecular flexibility index (Phi) is 4.67. The highest BCUT2D eigenvalue weighted by Crippen LogP contribution is 2.17. The third-order valence-electron chi connectivity index (χ3n) is 2.74. The number of thiocarbonyl (C=S) groups is 1. The summed E-state index contributed by atoms with van der Waals surface area (Å²) in [6, 6.07) is 6.77. The van der Waals surface area contributed by atoms with Crippen LogP contribution in [0.3, 0.4) is 0 Å². The van der Waals surface area contributed by atoms with Gasteiger partial charge in [0.25, 0.3) is 0 Å². The minimum absolute atomic E-state index is 0.126. The Morgan fingerprint density at radius 3 is 2.61 bits per heavy atom. The second-order valence-corrected chi connectivity index (χ2v) is 5.27. The molecule has 0 saturated carbocycles. The van der Waals surface area contributed by atoms with Gasteiger partial charge in [-0.05, 0) is 6.07 Å². The van der Waals surface area contributed by atoms with Gasteiger partial charge in [0.1, 0.15) is 5.75 Å². The molecule has 0 radical (unpaired) electrons. The van der Waals surface area contributed by atoms with Gasteiger partial charge in [-0.15, -0.1) is 0 Å². The summed E-state index contributed by atoms with van der Waals surface area (Å²) in [5.74, 6) is -0.0397. The molecule has 18 heavy (non-hydrogen) atoms. The molecular formula is C13H18N2O2S. The molecule has 1 rings (SSSR count). The summed E-state index contributed by atoms with van der Waals surface area (Å²) in [4.78, 5) is 12.1. The van der Waals surface area contributed by atoms with E-state index in [0.29, 0.717) is 17.1 Å². The summed E-state index contributed by atoms with van der Waals surface area (Å²) in [6.07, 6.45) is 0.139. The highest BCUT2D eigenvalue weighted by atomic mass is 32.1. The van der Waals surface area contributed by atoms with Crippen molar-refractivity contribution in [3.05, 3.63) is 29.8 Å². The number of phenolic OH excluding ortho intramolecular Hbond substituents is 1. The monoisotopic (exact) mass is 266 g/mol. The smallest absolute Gasteiger partial charge is 0.224 e. The van der Waals surface area contributed by atoms with Crippen LogP contribution in [0.25, 0.3) is 0 Å². The van der Waals surface area contributed by atoms with Gasteiger partial charge in [-0.25, -0.2) is 0 Å². The van der Waals surface area contributed by atoms with Crippen molar-refractivity contribution in [2.75, 3.05) is 6.54 Å². The molecule has 98 valence electrons. The van der Waals surface area contributed by atoms with Crippen LogP contribution in [0.1, 0.15) is 19.4 Å². The van der Waals surface area contributed by atoms with Gasteiger partial charge >= 0.3 is 0 Å². The number of para-hydroxylation sites is 1. The first kappa shape index (κ1) is 14.4. The maximum Gasteiger partial charge on any atom is 0.224 e. The zero-order valence-corrected chi connectivity index (χ0v) is 11.4. The summed E-state index contributed by atoms with van der Waals surface area (Å²) in [7, 11) is 0. The van der Waals surface area contributed by atoms with E-state index in [1.165, 1.54) is 0 Å². The van der Waals surface area contributed by atoms with E-state index in [1.807, 2.05) is 13.8 Å². The van der Waals surface area contributed by atoms with Crippen molar-refractivity contribution in [2.24, 2.45) is 11.1 Å². The summed E-state index contributed by atoms with van der Waals surface area (Å²) in [5, 5.41) is 12.3. The SMILES string of the molecule is CC(C)(CNC(=O)Cc1ccccc1O)C(N)=S. The number of hydrogen-bond donors (Lipinski definition) is 3. The largest absolute Gasteiger partial charge is 0.508 e. The molecule has 0 aliphatic rings. The molecule has 0 aromatic heterocycles. The number of carbonyl (C=O) groups excluding carboxylic acids is 1. The molecule has 0 aliphatic heterocycles. The summed E-state index contributed by atoms with van der Waals surface area (Å²) < 4.78 is 0. The second-order valence-electron chi connectivity index (χ2n) is 4.83. The molecule has 0 aliphatic carbocycles. The molecule has 0 heterocycles. The van der Waals surface area contributed by atoms with Crippen molar-refractivity contribution in [3.63, 3.8) is 0 Å². The Morgan fingerprint density at radius 2 is 2.06 bits per heavy atom. The van der Waals surface area contributed by atoms with Crippen LogP contribution in [0.5, 0.6) is 5.75 Å². The summed E-state index contributed by atoms with van der Waals surface area (Å²) in [6.45, 7) is 4.12. The highest BCUT2D eigenvalue weighted by Gasteiger charge is 2.22. The number of carbonyl (C=O) groups is 1. The maximum absolute atomic E-state index is 11.7. The van der Waals surface area contributed by atoms with Crippen LogP contribution >= 0.6 is 12.2 Å². The summed E-state index contributed by atoms with van der Waals surface area (Å²) >= 11 is 4.92. The van der Waals surface area contributed by atoms with Gasteiger partial charge in [-0.3, -0.25) is 4.79 Å². The fraction of sp³-hybridized carbons (Fsp3) is 0.385. The Balaban J connectivity index is 2.54. The Morgan fingerprint density at radius 1 is 1.44 bits per heavy atom. The molecule has 1 aromatic carbocycles. The predicted octanol–water partition coefficient (Wildman–Crippen LogP) is 1.36. The molecular weight excluding hydrogens is 248 g/mol. The number of rotatable bonds is 5. The van der Waals surface area contributed by atoms with Crippen LogP contribution in [0.4, 0.5) is 0 Å². The quantitative estimate of drug-likeness (QED) is 0.703. The maximum atomic E-state index is 11.7. The third kappa shape index (κ3) is 4.00. The fourth-order valence-corrected chi connectivity index (χ4v) is 1.37. The summed E-state index contributed by atoms with van der Waals surface area (Å²) in [5.41, 5.74) is 5.76. The molecule has 5 heteroatoms. The van der Waals surface area contributed by atoms with Crippen molar-refractivity contribution in [2.45, 2.75) is 20.3 Å². The van der Waals surface area contributed by atoms with Crippen LogP contribution in [-0.4, -0.2) is 22.5 Å². The average Bonchev–Trinajstić information content (AvgIpc) is 2.29.